The van der Waals surface area contributed by atoms with Crippen LogP contribution in [0.2, 0.25) is 0 Å². The lowest BCUT2D eigenvalue weighted by Crippen LogP contribution is -2.64. The Morgan fingerprint density at radius 1 is 0.321 bits per heavy atom. The van der Waals surface area contributed by atoms with Crippen molar-refractivity contribution < 1.29 is 0 Å². The van der Waals surface area contributed by atoms with Crippen molar-refractivity contribution in [2.45, 2.75) is 286 Å². The fourth-order valence-corrected chi connectivity index (χ4v) is 17.5. The molecule has 8 unspecified atom stereocenters. The molecule has 0 aromatic rings. The van der Waals surface area contributed by atoms with Gasteiger partial charge < -0.3 is 0 Å². The first kappa shape index (κ1) is 39.9. The summed E-state index contributed by atoms with van der Waals surface area (Å²) in [5.74, 6) is 6.92. The quantitative estimate of drug-likeness (QED) is 0.257. The number of fused-ring (bicyclic) bond motifs is 3. The van der Waals surface area contributed by atoms with Crippen LogP contribution in [0.4, 0.5) is 0 Å². The average molecular weight is 771 g/mol. The van der Waals surface area contributed by atoms with Gasteiger partial charge in [0.2, 0.25) is 0 Å². The molecule has 2 heterocycles. The molecule has 56 heavy (non-hydrogen) atoms. The molecule has 10 aliphatic rings. The van der Waals surface area contributed by atoms with Gasteiger partial charge in [-0.2, -0.15) is 0 Å². The summed E-state index contributed by atoms with van der Waals surface area (Å²) >= 11 is 0. The van der Waals surface area contributed by atoms with Crippen LogP contribution in [0.1, 0.15) is 231 Å². The predicted octanol–water partition coefficient (Wildman–Crippen LogP) is 12.5. The number of likely N-dealkylation sites (tertiary alicyclic amines) is 1. The zero-order valence-electron chi connectivity index (χ0n) is 36.6. The summed E-state index contributed by atoms with van der Waals surface area (Å²) in [6, 6.07) is 7.11. The average Bonchev–Trinajstić information content (AvgIpc) is 3.62. The monoisotopic (exact) mass is 771 g/mol. The zero-order valence-corrected chi connectivity index (χ0v) is 36.6. The van der Waals surface area contributed by atoms with Crippen molar-refractivity contribution in [2.75, 3.05) is 0 Å². The van der Waals surface area contributed by atoms with E-state index >= 15 is 0 Å². The first-order chi connectivity index (χ1) is 27.8. The van der Waals surface area contributed by atoms with Gasteiger partial charge in [-0.25, -0.2) is 0 Å². The highest BCUT2D eigenvalue weighted by molar-refractivity contribution is 5.08. The summed E-state index contributed by atoms with van der Waals surface area (Å²) in [4.78, 5) is 6.56. The van der Waals surface area contributed by atoms with Crippen LogP contribution in [-0.2, 0) is 0 Å². The Labute approximate surface area is 346 Å². The van der Waals surface area contributed by atoms with Gasteiger partial charge in [0.15, 0.2) is 0 Å². The molecule has 10 rings (SSSR count). The van der Waals surface area contributed by atoms with Gasteiger partial charge in [0.1, 0.15) is 0 Å². The van der Waals surface area contributed by atoms with Crippen molar-refractivity contribution in [3.63, 3.8) is 0 Å². The maximum absolute atomic E-state index is 4.39. The highest BCUT2D eigenvalue weighted by Gasteiger charge is 2.54. The van der Waals surface area contributed by atoms with Crippen molar-refractivity contribution in [3.8, 4) is 0 Å². The van der Waals surface area contributed by atoms with Gasteiger partial charge in [0, 0.05) is 48.3 Å². The lowest BCUT2D eigenvalue weighted by Gasteiger charge is -2.50. The van der Waals surface area contributed by atoms with Crippen LogP contribution in [0.25, 0.3) is 0 Å². The van der Waals surface area contributed by atoms with E-state index in [0.29, 0.717) is 6.17 Å². The van der Waals surface area contributed by atoms with Gasteiger partial charge in [-0.1, -0.05) is 89.9 Å². The standard InChI is InChI=1S/C52H90N4/c1-5-15-38(16-6-1)48-36-49(54-52(53-48)40-17-7-2-8-18-40)39-27-32-45(33-28-39)56-50-24-14-13-23-46(50)47-35-41(29-34-51(47)56)37-25-30-44(31-26-37)55(42-19-9-3-10-20-42)43-21-11-4-12-22-43/h37-54H,1-36H2. The van der Waals surface area contributed by atoms with Crippen molar-refractivity contribution in [1.29, 1.82) is 0 Å². The van der Waals surface area contributed by atoms with E-state index in [1.807, 2.05) is 0 Å². The highest BCUT2D eigenvalue weighted by Crippen LogP contribution is 2.55. The maximum atomic E-state index is 4.39. The van der Waals surface area contributed by atoms with E-state index in [2.05, 4.69) is 20.4 Å². The number of nitrogens with one attached hydrogen (secondary N) is 2. The van der Waals surface area contributed by atoms with E-state index in [0.717, 1.165) is 89.8 Å². The Hall–Kier alpha value is -0.160. The van der Waals surface area contributed by atoms with Crippen LogP contribution >= 0.6 is 0 Å². The van der Waals surface area contributed by atoms with Crippen molar-refractivity contribution in [1.82, 2.24) is 20.4 Å². The van der Waals surface area contributed by atoms with Crippen molar-refractivity contribution in [2.24, 2.45) is 41.4 Å². The lowest BCUT2D eigenvalue weighted by molar-refractivity contribution is 0.00235. The summed E-state index contributed by atoms with van der Waals surface area (Å²) in [6.07, 6.45) is 55.0. The zero-order chi connectivity index (χ0) is 37.3. The van der Waals surface area contributed by atoms with E-state index in [1.165, 1.54) is 180 Å². The smallest absolute Gasteiger partial charge is 0.0605 e. The fraction of sp³-hybridized carbons (Fsp3) is 1.00. The summed E-state index contributed by atoms with van der Waals surface area (Å²) in [7, 11) is 0. The molecule has 0 aromatic heterocycles. The molecule has 8 aliphatic carbocycles. The Morgan fingerprint density at radius 2 is 0.786 bits per heavy atom. The molecule has 0 amide bonds. The molecule has 8 atom stereocenters. The third-order valence-corrected chi connectivity index (χ3v) is 20.2. The highest BCUT2D eigenvalue weighted by atomic mass is 15.3. The largest absolute Gasteiger partial charge is 0.299 e. The SMILES string of the molecule is C1CCC(C2CC(C3CCC(N4C5CCCCC5C5CC(C6CCC(N(C7CCCCC7)C7CCCCC7)CC6)CCC54)CC3)NC(C3CCCCC3)N2)CC1. The molecule has 0 bridgehead atoms. The van der Waals surface area contributed by atoms with Gasteiger partial charge in [-0.05, 0) is 183 Å². The van der Waals surface area contributed by atoms with Crippen LogP contribution in [0.5, 0.6) is 0 Å². The van der Waals surface area contributed by atoms with Crippen LogP contribution in [0.3, 0.4) is 0 Å². The molecule has 2 N–H and O–H groups in total. The Balaban J connectivity index is 0.762. The molecule has 4 nitrogen and oxygen atoms in total. The molecular formula is C52H90N4. The first-order valence-electron chi connectivity index (χ1n) is 26.8. The molecule has 4 heteroatoms. The van der Waals surface area contributed by atoms with Crippen LogP contribution in [0.15, 0.2) is 0 Å². The Kier molecular flexibility index (Phi) is 13.4. The minimum atomic E-state index is 0.596. The number of hydrogen-bond acceptors (Lipinski definition) is 4. The van der Waals surface area contributed by atoms with Crippen LogP contribution in [0, 0.1) is 41.4 Å². The minimum Gasteiger partial charge on any atom is -0.299 e. The molecule has 10 fully saturated rings. The van der Waals surface area contributed by atoms with Crippen LogP contribution < -0.4 is 10.6 Å². The summed E-state index contributed by atoms with van der Waals surface area (Å²) in [6.45, 7) is 0. The van der Waals surface area contributed by atoms with E-state index < -0.39 is 0 Å². The topological polar surface area (TPSA) is 30.5 Å². The first-order valence-corrected chi connectivity index (χ1v) is 26.8. The third kappa shape index (κ3) is 8.65. The second kappa shape index (κ2) is 18.8. The molecule has 2 saturated heterocycles. The second-order valence-electron chi connectivity index (χ2n) is 23.0. The van der Waals surface area contributed by atoms with Crippen molar-refractivity contribution >= 4 is 0 Å². The van der Waals surface area contributed by atoms with Gasteiger partial charge in [-0.15, -0.1) is 0 Å². The molecule has 318 valence electrons. The van der Waals surface area contributed by atoms with Gasteiger partial charge in [-0.3, -0.25) is 20.4 Å². The third-order valence-electron chi connectivity index (χ3n) is 20.2. The van der Waals surface area contributed by atoms with Crippen LogP contribution in [-0.4, -0.2) is 64.3 Å². The lowest BCUT2D eigenvalue weighted by atomic mass is 9.65. The molecule has 0 spiro atoms. The van der Waals surface area contributed by atoms with Crippen molar-refractivity contribution in [3.05, 3.63) is 0 Å². The van der Waals surface area contributed by atoms with E-state index in [1.54, 1.807) is 51.4 Å². The number of hydrogen-bond donors (Lipinski definition) is 2. The second-order valence-corrected chi connectivity index (χ2v) is 23.0. The molecule has 8 saturated carbocycles. The molecular weight excluding hydrogens is 681 g/mol. The normalized spacial score (nSPS) is 44.7. The van der Waals surface area contributed by atoms with E-state index in [-0.39, 0.29) is 0 Å². The number of nitrogens with zero attached hydrogens (tertiary/aromatic N) is 2. The summed E-state index contributed by atoms with van der Waals surface area (Å²) in [5, 5.41) is 8.70. The summed E-state index contributed by atoms with van der Waals surface area (Å²) < 4.78 is 0. The fourth-order valence-electron chi connectivity index (χ4n) is 17.5. The summed E-state index contributed by atoms with van der Waals surface area (Å²) in [5.41, 5.74) is 0. The van der Waals surface area contributed by atoms with Gasteiger partial charge >= 0.3 is 0 Å². The Morgan fingerprint density at radius 3 is 1.41 bits per heavy atom. The number of rotatable bonds is 8. The van der Waals surface area contributed by atoms with Gasteiger partial charge in [0.25, 0.3) is 0 Å². The minimum absolute atomic E-state index is 0.596. The molecule has 0 aromatic carbocycles. The Bertz CT molecular complexity index is 1140. The van der Waals surface area contributed by atoms with E-state index in [4.69, 9.17) is 0 Å². The predicted molar refractivity (Wildman–Crippen MR) is 235 cm³/mol. The molecule has 2 aliphatic heterocycles. The molecule has 0 radical (unpaired) electrons. The maximum Gasteiger partial charge on any atom is 0.0605 e. The van der Waals surface area contributed by atoms with Gasteiger partial charge in [0.05, 0.1) is 6.17 Å². The van der Waals surface area contributed by atoms with E-state index in [9.17, 15) is 0 Å².